The molecule has 4 nitrogen and oxygen atoms in total. The predicted octanol–water partition coefficient (Wildman–Crippen LogP) is 2.14. The van der Waals surface area contributed by atoms with Crippen molar-refractivity contribution in [3.05, 3.63) is 46.8 Å². The lowest BCUT2D eigenvalue weighted by atomic mass is 9.93. The van der Waals surface area contributed by atoms with E-state index in [4.69, 9.17) is 10.5 Å². The SMILES string of the molecule is COc1ccc(C)cc1C(CN)c1cc(C)nn1C. The van der Waals surface area contributed by atoms with E-state index in [1.165, 1.54) is 5.56 Å². The summed E-state index contributed by atoms with van der Waals surface area (Å²) in [6.45, 7) is 4.59. The van der Waals surface area contributed by atoms with Gasteiger partial charge in [-0.1, -0.05) is 17.7 Å². The number of aromatic nitrogens is 2. The average molecular weight is 259 g/mol. The fourth-order valence-electron chi connectivity index (χ4n) is 2.49. The molecule has 1 aromatic heterocycles. The van der Waals surface area contributed by atoms with Gasteiger partial charge in [-0.25, -0.2) is 0 Å². The fraction of sp³-hybridized carbons (Fsp3) is 0.400. The molecule has 0 saturated carbocycles. The first-order valence-electron chi connectivity index (χ1n) is 6.42. The second kappa shape index (κ2) is 5.45. The van der Waals surface area contributed by atoms with Crippen molar-refractivity contribution in [1.29, 1.82) is 0 Å². The lowest BCUT2D eigenvalue weighted by Gasteiger charge is -2.19. The number of nitrogens with two attached hydrogens (primary N) is 1. The molecular weight excluding hydrogens is 238 g/mol. The molecule has 1 unspecified atom stereocenters. The van der Waals surface area contributed by atoms with E-state index in [0.717, 1.165) is 22.7 Å². The summed E-state index contributed by atoms with van der Waals surface area (Å²) in [4.78, 5) is 0. The molecular formula is C15H21N3O. The van der Waals surface area contributed by atoms with Gasteiger partial charge in [0.15, 0.2) is 0 Å². The first kappa shape index (κ1) is 13.6. The van der Waals surface area contributed by atoms with Crippen LogP contribution in [0.25, 0.3) is 0 Å². The van der Waals surface area contributed by atoms with Gasteiger partial charge in [0.2, 0.25) is 0 Å². The first-order valence-corrected chi connectivity index (χ1v) is 6.42. The van der Waals surface area contributed by atoms with Crippen LogP contribution in [-0.4, -0.2) is 23.4 Å². The van der Waals surface area contributed by atoms with E-state index in [2.05, 4.69) is 24.2 Å². The molecule has 4 heteroatoms. The van der Waals surface area contributed by atoms with E-state index < -0.39 is 0 Å². The molecule has 0 aliphatic heterocycles. The Bertz CT molecular complexity index is 575. The number of aryl methyl sites for hydroxylation is 3. The fourth-order valence-corrected chi connectivity index (χ4v) is 2.49. The highest BCUT2D eigenvalue weighted by Gasteiger charge is 2.20. The maximum atomic E-state index is 5.99. The Hall–Kier alpha value is -1.81. The minimum atomic E-state index is 0.0982. The van der Waals surface area contributed by atoms with Crippen LogP contribution >= 0.6 is 0 Å². The molecule has 0 radical (unpaired) electrons. The summed E-state index contributed by atoms with van der Waals surface area (Å²) >= 11 is 0. The third kappa shape index (κ3) is 2.63. The molecule has 1 aromatic carbocycles. The molecule has 0 aliphatic carbocycles. The summed E-state index contributed by atoms with van der Waals surface area (Å²) in [5, 5.41) is 4.40. The third-order valence-electron chi connectivity index (χ3n) is 3.39. The van der Waals surface area contributed by atoms with Gasteiger partial charge in [-0.15, -0.1) is 0 Å². The molecule has 1 atom stereocenters. The Kier molecular flexibility index (Phi) is 3.90. The van der Waals surface area contributed by atoms with Gasteiger partial charge in [-0.05, 0) is 26.0 Å². The Balaban J connectivity index is 2.53. The van der Waals surface area contributed by atoms with Crippen molar-refractivity contribution in [3.8, 4) is 5.75 Å². The Morgan fingerprint density at radius 2 is 2.05 bits per heavy atom. The van der Waals surface area contributed by atoms with Crippen LogP contribution in [0.15, 0.2) is 24.3 Å². The molecule has 0 aliphatic rings. The number of ether oxygens (including phenoxy) is 1. The normalized spacial score (nSPS) is 12.5. The van der Waals surface area contributed by atoms with Crippen molar-refractivity contribution in [2.75, 3.05) is 13.7 Å². The zero-order valence-electron chi connectivity index (χ0n) is 12.0. The molecule has 0 fully saturated rings. The van der Waals surface area contributed by atoms with Gasteiger partial charge in [0.25, 0.3) is 0 Å². The van der Waals surface area contributed by atoms with Crippen LogP contribution in [0.3, 0.4) is 0 Å². The van der Waals surface area contributed by atoms with E-state index in [9.17, 15) is 0 Å². The second-order valence-corrected chi connectivity index (χ2v) is 4.87. The van der Waals surface area contributed by atoms with Gasteiger partial charge in [0.05, 0.1) is 12.8 Å². The second-order valence-electron chi connectivity index (χ2n) is 4.87. The maximum absolute atomic E-state index is 5.99. The molecule has 1 heterocycles. The maximum Gasteiger partial charge on any atom is 0.122 e. The molecule has 2 aromatic rings. The van der Waals surface area contributed by atoms with E-state index in [1.807, 2.05) is 30.8 Å². The minimum Gasteiger partial charge on any atom is -0.496 e. The summed E-state index contributed by atoms with van der Waals surface area (Å²) in [6.07, 6.45) is 0. The summed E-state index contributed by atoms with van der Waals surface area (Å²) in [5.41, 5.74) is 10.4. The number of methoxy groups -OCH3 is 1. The standard InChI is InChI=1S/C15H21N3O/c1-10-5-6-15(19-4)12(7-10)13(9-16)14-8-11(2)17-18(14)3/h5-8,13H,9,16H2,1-4H3. The highest BCUT2D eigenvalue weighted by atomic mass is 16.5. The molecule has 102 valence electrons. The van der Waals surface area contributed by atoms with Gasteiger partial charge in [0, 0.05) is 30.8 Å². The number of hydrogen-bond donors (Lipinski definition) is 1. The number of hydrogen-bond acceptors (Lipinski definition) is 3. The quantitative estimate of drug-likeness (QED) is 0.915. The first-order chi connectivity index (χ1) is 9.06. The highest BCUT2D eigenvalue weighted by Crippen LogP contribution is 2.32. The van der Waals surface area contributed by atoms with E-state index in [1.54, 1.807) is 7.11 Å². The third-order valence-corrected chi connectivity index (χ3v) is 3.39. The van der Waals surface area contributed by atoms with Crippen LogP contribution in [-0.2, 0) is 7.05 Å². The van der Waals surface area contributed by atoms with Crippen molar-refractivity contribution < 1.29 is 4.74 Å². The van der Waals surface area contributed by atoms with Crippen LogP contribution < -0.4 is 10.5 Å². The van der Waals surface area contributed by atoms with Crippen molar-refractivity contribution in [2.45, 2.75) is 19.8 Å². The molecule has 0 amide bonds. The smallest absolute Gasteiger partial charge is 0.122 e. The molecule has 0 spiro atoms. The highest BCUT2D eigenvalue weighted by molar-refractivity contribution is 5.43. The lowest BCUT2D eigenvalue weighted by molar-refractivity contribution is 0.406. The molecule has 2 rings (SSSR count). The minimum absolute atomic E-state index is 0.0982. The van der Waals surface area contributed by atoms with Crippen LogP contribution in [0, 0.1) is 13.8 Å². The van der Waals surface area contributed by atoms with E-state index >= 15 is 0 Å². The Morgan fingerprint density at radius 3 is 2.58 bits per heavy atom. The zero-order chi connectivity index (χ0) is 14.0. The molecule has 19 heavy (non-hydrogen) atoms. The van der Waals surface area contributed by atoms with Gasteiger partial charge in [-0.2, -0.15) is 5.10 Å². The summed E-state index contributed by atoms with van der Waals surface area (Å²) in [7, 11) is 3.64. The van der Waals surface area contributed by atoms with Crippen molar-refractivity contribution in [1.82, 2.24) is 9.78 Å². The van der Waals surface area contributed by atoms with Crippen molar-refractivity contribution in [2.24, 2.45) is 12.8 Å². The number of nitrogens with zero attached hydrogens (tertiary/aromatic N) is 2. The summed E-state index contributed by atoms with van der Waals surface area (Å²) < 4.78 is 7.36. The average Bonchev–Trinajstić information content (AvgIpc) is 2.70. The van der Waals surface area contributed by atoms with Gasteiger partial charge < -0.3 is 10.5 Å². The molecule has 0 saturated heterocycles. The van der Waals surface area contributed by atoms with Crippen molar-refractivity contribution >= 4 is 0 Å². The van der Waals surface area contributed by atoms with Crippen LogP contribution in [0.1, 0.15) is 28.4 Å². The summed E-state index contributed by atoms with van der Waals surface area (Å²) in [5.74, 6) is 0.973. The van der Waals surface area contributed by atoms with Crippen LogP contribution in [0.5, 0.6) is 5.75 Å². The van der Waals surface area contributed by atoms with Gasteiger partial charge >= 0.3 is 0 Å². The number of rotatable bonds is 4. The molecule has 2 N–H and O–H groups in total. The topological polar surface area (TPSA) is 53.1 Å². The largest absolute Gasteiger partial charge is 0.496 e. The van der Waals surface area contributed by atoms with Gasteiger partial charge in [0.1, 0.15) is 5.75 Å². The van der Waals surface area contributed by atoms with Crippen molar-refractivity contribution in [3.63, 3.8) is 0 Å². The monoisotopic (exact) mass is 259 g/mol. The van der Waals surface area contributed by atoms with Gasteiger partial charge in [-0.3, -0.25) is 4.68 Å². The number of benzene rings is 1. The Morgan fingerprint density at radius 1 is 1.32 bits per heavy atom. The van der Waals surface area contributed by atoms with Crippen LogP contribution in [0.4, 0.5) is 0 Å². The Labute approximate surface area is 114 Å². The van der Waals surface area contributed by atoms with E-state index in [0.29, 0.717) is 6.54 Å². The predicted molar refractivity (Wildman–Crippen MR) is 76.6 cm³/mol. The lowest BCUT2D eigenvalue weighted by Crippen LogP contribution is -2.18. The van der Waals surface area contributed by atoms with E-state index in [-0.39, 0.29) is 5.92 Å². The summed E-state index contributed by atoms with van der Waals surface area (Å²) in [6, 6.07) is 8.26. The van der Waals surface area contributed by atoms with Crippen LogP contribution in [0.2, 0.25) is 0 Å². The molecule has 0 bridgehead atoms. The zero-order valence-corrected chi connectivity index (χ0v) is 12.0.